The predicted molar refractivity (Wildman–Crippen MR) is 137 cm³/mol. The van der Waals surface area contributed by atoms with Crippen molar-refractivity contribution in [1.29, 1.82) is 0 Å². The number of amides is 1. The van der Waals surface area contributed by atoms with E-state index in [4.69, 9.17) is 16.6 Å². The molecule has 5 nitrogen and oxygen atoms in total. The number of ketones is 1. The summed E-state index contributed by atoms with van der Waals surface area (Å²) in [6, 6.07) is 17.3. The average molecular weight is 489 g/mol. The van der Waals surface area contributed by atoms with E-state index in [-0.39, 0.29) is 11.3 Å². The number of carbonyl (C=O) groups is 2. The van der Waals surface area contributed by atoms with Gasteiger partial charge in [-0.2, -0.15) is 0 Å². The number of aliphatic hydroxyl groups excluding tert-OH is 1. The summed E-state index contributed by atoms with van der Waals surface area (Å²) >= 11 is 7.46. The van der Waals surface area contributed by atoms with E-state index in [0.717, 1.165) is 26.9 Å². The first-order chi connectivity index (χ1) is 16.2. The molecule has 0 aliphatic carbocycles. The maximum Gasteiger partial charge on any atom is 0.301 e. The van der Waals surface area contributed by atoms with Crippen molar-refractivity contribution in [1.82, 2.24) is 4.98 Å². The lowest BCUT2D eigenvalue weighted by Gasteiger charge is -2.23. The number of fused-ring (bicyclic) bond motifs is 1. The van der Waals surface area contributed by atoms with Crippen LogP contribution in [0.5, 0.6) is 0 Å². The lowest BCUT2D eigenvalue weighted by Crippen LogP contribution is -2.29. The van der Waals surface area contributed by atoms with Crippen LogP contribution in [0.15, 0.2) is 66.2 Å². The molecule has 2 heterocycles. The molecule has 1 saturated heterocycles. The molecule has 170 valence electrons. The fourth-order valence-corrected chi connectivity index (χ4v) is 5.61. The fraction of sp³-hybridized carbons (Fsp3) is 0.148. The summed E-state index contributed by atoms with van der Waals surface area (Å²) < 4.78 is 0.933. The number of hydrogen-bond donors (Lipinski definition) is 1. The Morgan fingerprint density at radius 1 is 0.971 bits per heavy atom. The van der Waals surface area contributed by atoms with Crippen molar-refractivity contribution in [3.05, 3.63) is 99.1 Å². The number of anilines is 1. The van der Waals surface area contributed by atoms with Gasteiger partial charge in [0, 0.05) is 10.6 Å². The molecule has 1 aromatic heterocycles. The highest BCUT2D eigenvalue weighted by Crippen LogP contribution is 2.44. The van der Waals surface area contributed by atoms with Crippen LogP contribution in [0.4, 0.5) is 5.13 Å². The highest BCUT2D eigenvalue weighted by atomic mass is 35.5. The molecule has 7 heteroatoms. The SMILES string of the molecule is Cc1ccc(/C(O)=C2\C(=O)C(=O)N(c3nc4c(C)cc(C)cc4s3)[C@H]2c2ccc(Cl)cc2)cc1. The number of aromatic nitrogens is 1. The summed E-state index contributed by atoms with van der Waals surface area (Å²) in [5.41, 5.74) is 5.06. The van der Waals surface area contributed by atoms with Crippen LogP contribution in [0.2, 0.25) is 5.02 Å². The van der Waals surface area contributed by atoms with Gasteiger partial charge in [0.2, 0.25) is 0 Å². The zero-order valence-electron chi connectivity index (χ0n) is 18.8. The minimum absolute atomic E-state index is 0.0309. The van der Waals surface area contributed by atoms with E-state index >= 15 is 0 Å². The topological polar surface area (TPSA) is 70.5 Å². The Balaban J connectivity index is 1.74. The normalized spacial score (nSPS) is 17.6. The molecule has 0 unspecified atom stereocenters. The number of carbonyl (C=O) groups excluding carboxylic acids is 2. The summed E-state index contributed by atoms with van der Waals surface area (Å²) in [5, 5.41) is 12.2. The minimum Gasteiger partial charge on any atom is -0.507 e. The molecule has 5 rings (SSSR count). The number of halogens is 1. The molecular formula is C27H21ClN2O3S. The summed E-state index contributed by atoms with van der Waals surface area (Å²) in [7, 11) is 0. The van der Waals surface area contributed by atoms with Gasteiger partial charge in [-0.05, 0) is 55.7 Å². The first-order valence-corrected chi connectivity index (χ1v) is 12.0. The molecule has 1 fully saturated rings. The van der Waals surface area contributed by atoms with Crippen LogP contribution >= 0.6 is 22.9 Å². The van der Waals surface area contributed by atoms with E-state index in [1.807, 2.05) is 45.0 Å². The molecular weight excluding hydrogens is 468 g/mol. The summed E-state index contributed by atoms with van der Waals surface area (Å²) in [4.78, 5) is 32.8. The highest BCUT2D eigenvalue weighted by Gasteiger charge is 2.48. The summed E-state index contributed by atoms with van der Waals surface area (Å²) in [6.07, 6.45) is 0. The van der Waals surface area contributed by atoms with Gasteiger partial charge in [0.15, 0.2) is 5.13 Å². The Bertz CT molecular complexity index is 1490. The average Bonchev–Trinajstić information content (AvgIpc) is 3.33. The molecule has 0 saturated carbocycles. The van der Waals surface area contributed by atoms with Crippen molar-refractivity contribution < 1.29 is 14.7 Å². The molecule has 1 amide bonds. The lowest BCUT2D eigenvalue weighted by atomic mass is 9.95. The number of aliphatic hydroxyl groups is 1. The van der Waals surface area contributed by atoms with Gasteiger partial charge < -0.3 is 5.11 Å². The number of aryl methyl sites for hydroxylation is 3. The second-order valence-electron chi connectivity index (χ2n) is 8.51. The van der Waals surface area contributed by atoms with Crippen LogP contribution in [0.1, 0.15) is 33.9 Å². The zero-order valence-corrected chi connectivity index (χ0v) is 20.4. The fourth-order valence-electron chi connectivity index (χ4n) is 4.32. The number of Topliss-reactive ketones (excluding diaryl/α,β-unsaturated/α-hetero) is 1. The molecule has 1 N–H and O–H groups in total. The van der Waals surface area contributed by atoms with Gasteiger partial charge in [-0.1, -0.05) is 71.0 Å². The number of hydrogen-bond acceptors (Lipinski definition) is 5. The van der Waals surface area contributed by atoms with Crippen molar-refractivity contribution in [2.75, 3.05) is 4.90 Å². The van der Waals surface area contributed by atoms with Crippen LogP contribution in [0, 0.1) is 20.8 Å². The number of nitrogens with zero attached hydrogens (tertiary/aromatic N) is 2. The molecule has 4 aromatic rings. The van der Waals surface area contributed by atoms with Gasteiger partial charge in [0.05, 0.1) is 21.8 Å². The molecule has 0 spiro atoms. The van der Waals surface area contributed by atoms with Crippen LogP contribution in [-0.4, -0.2) is 21.8 Å². The van der Waals surface area contributed by atoms with Gasteiger partial charge in [-0.15, -0.1) is 0 Å². The third-order valence-electron chi connectivity index (χ3n) is 5.98. The van der Waals surface area contributed by atoms with E-state index in [1.165, 1.54) is 16.2 Å². The third-order valence-corrected chi connectivity index (χ3v) is 7.23. The second kappa shape index (κ2) is 8.38. The zero-order chi connectivity index (χ0) is 24.1. The Labute approximate surface area is 205 Å². The van der Waals surface area contributed by atoms with E-state index in [2.05, 4.69) is 0 Å². The van der Waals surface area contributed by atoms with E-state index in [1.54, 1.807) is 36.4 Å². The Morgan fingerprint density at radius 3 is 2.32 bits per heavy atom. The summed E-state index contributed by atoms with van der Waals surface area (Å²) in [5.74, 6) is -1.68. The second-order valence-corrected chi connectivity index (χ2v) is 9.96. The Kier molecular flexibility index (Phi) is 5.50. The van der Waals surface area contributed by atoms with Crippen molar-refractivity contribution in [3.8, 4) is 0 Å². The van der Waals surface area contributed by atoms with Gasteiger partial charge in [0.25, 0.3) is 5.78 Å². The first kappa shape index (κ1) is 22.3. The summed E-state index contributed by atoms with van der Waals surface area (Å²) in [6.45, 7) is 5.92. The molecule has 1 aliphatic rings. The Hall–Kier alpha value is -3.48. The van der Waals surface area contributed by atoms with Gasteiger partial charge in [0.1, 0.15) is 5.76 Å². The highest BCUT2D eigenvalue weighted by molar-refractivity contribution is 7.22. The molecule has 1 atom stereocenters. The van der Waals surface area contributed by atoms with Crippen molar-refractivity contribution in [2.24, 2.45) is 0 Å². The van der Waals surface area contributed by atoms with Crippen molar-refractivity contribution >= 4 is 55.7 Å². The smallest absolute Gasteiger partial charge is 0.301 e. The minimum atomic E-state index is -0.833. The maximum atomic E-state index is 13.4. The van der Waals surface area contributed by atoms with Gasteiger partial charge in [-0.25, -0.2) is 4.98 Å². The van der Waals surface area contributed by atoms with Crippen LogP contribution in [-0.2, 0) is 9.59 Å². The van der Waals surface area contributed by atoms with E-state index in [0.29, 0.717) is 21.3 Å². The molecule has 3 aromatic carbocycles. The number of rotatable bonds is 3. The molecule has 1 aliphatic heterocycles. The standard InChI is InChI=1S/C27H21ClN2O3S/c1-14-4-6-18(7-5-14)24(31)21-23(17-8-10-19(28)11-9-17)30(26(33)25(21)32)27-29-22-16(3)12-15(2)13-20(22)34-27/h4-13,23,31H,1-3H3/b24-21+/t23-/m0/s1. The largest absolute Gasteiger partial charge is 0.507 e. The van der Waals surface area contributed by atoms with E-state index < -0.39 is 17.7 Å². The van der Waals surface area contributed by atoms with Crippen molar-refractivity contribution in [3.63, 3.8) is 0 Å². The van der Waals surface area contributed by atoms with E-state index in [9.17, 15) is 14.7 Å². The van der Waals surface area contributed by atoms with Gasteiger partial charge >= 0.3 is 5.91 Å². The number of thiazole rings is 1. The first-order valence-electron chi connectivity index (χ1n) is 10.8. The predicted octanol–water partition coefficient (Wildman–Crippen LogP) is 6.50. The quantitative estimate of drug-likeness (QED) is 0.203. The third kappa shape index (κ3) is 3.69. The van der Waals surface area contributed by atoms with Gasteiger partial charge in [-0.3, -0.25) is 14.5 Å². The molecule has 0 radical (unpaired) electrons. The lowest BCUT2D eigenvalue weighted by molar-refractivity contribution is -0.132. The number of benzene rings is 3. The monoisotopic (exact) mass is 488 g/mol. The van der Waals surface area contributed by atoms with Crippen LogP contribution in [0.25, 0.3) is 16.0 Å². The molecule has 34 heavy (non-hydrogen) atoms. The Morgan fingerprint density at radius 2 is 1.65 bits per heavy atom. The van der Waals surface area contributed by atoms with Crippen molar-refractivity contribution in [2.45, 2.75) is 26.8 Å². The maximum absolute atomic E-state index is 13.4. The van der Waals surface area contributed by atoms with Crippen LogP contribution in [0.3, 0.4) is 0 Å². The molecule has 0 bridgehead atoms. The van der Waals surface area contributed by atoms with Crippen LogP contribution < -0.4 is 4.90 Å².